The third-order valence-electron chi connectivity index (χ3n) is 2.74. The van der Waals surface area contributed by atoms with Gasteiger partial charge in [0, 0.05) is 26.6 Å². The first kappa shape index (κ1) is 11.5. The fraction of sp³-hybridized carbons (Fsp3) is 0.909. The molecule has 14 heavy (non-hydrogen) atoms. The molecule has 1 rings (SSSR count). The molecule has 1 amide bonds. The second-order valence-corrected chi connectivity index (χ2v) is 4.25. The number of aliphatic hydroxyl groups is 1. The molecule has 0 aromatic heterocycles. The highest BCUT2D eigenvalue weighted by atomic mass is 16.2. The molecule has 1 fully saturated rings. The molecule has 0 heterocycles. The van der Waals surface area contributed by atoms with E-state index in [1.807, 2.05) is 11.9 Å². The summed E-state index contributed by atoms with van der Waals surface area (Å²) in [5, 5.41) is 8.59. The van der Waals surface area contributed by atoms with Crippen LogP contribution in [0.5, 0.6) is 0 Å². The van der Waals surface area contributed by atoms with Gasteiger partial charge in [-0.1, -0.05) is 0 Å². The molecule has 0 aromatic carbocycles. The molecule has 3 heteroatoms. The van der Waals surface area contributed by atoms with Crippen LogP contribution in [0.3, 0.4) is 0 Å². The largest absolute Gasteiger partial charge is 0.396 e. The average molecular weight is 199 g/mol. The quantitative estimate of drug-likeness (QED) is 0.630. The lowest BCUT2D eigenvalue weighted by atomic mass is 10.2. The van der Waals surface area contributed by atoms with E-state index in [0.717, 1.165) is 32.2 Å². The predicted octanol–water partition coefficient (Wildman–Crippen LogP) is 1.41. The molecule has 3 nitrogen and oxygen atoms in total. The normalized spacial score (nSPS) is 15.6. The second-order valence-electron chi connectivity index (χ2n) is 4.25. The summed E-state index contributed by atoms with van der Waals surface area (Å²) < 4.78 is 0. The number of unbranched alkanes of at least 4 members (excludes halogenated alkanes) is 2. The van der Waals surface area contributed by atoms with Crippen LogP contribution in [0.15, 0.2) is 0 Å². The SMILES string of the molecule is CN(CCCCCO)C(=O)CC1CC1. The maximum Gasteiger partial charge on any atom is 0.222 e. The van der Waals surface area contributed by atoms with Gasteiger partial charge < -0.3 is 10.0 Å². The van der Waals surface area contributed by atoms with E-state index >= 15 is 0 Å². The Hall–Kier alpha value is -0.570. The Bertz CT molecular complexity index is 178. The zero-order chi connectivity index (χ0) is 10.4. The Kier molecular flexibility index (Phi) is 4.94. The predicted molar refractivity (Wildman–Crippen MR) is 55.9 cm³/mol. The van der Waals surface area contributed by atoms with Crippen molar-refractivity contribution in [3.8, 4) is 0 Å². The van der Waals surface area contributed by atoms with E-state index in [1.165, 1.54) is 12.8 Å². The minimum atomic E-state index is 0.264. The Morgan fingerprint density at radius 3 is 2.64 bits per heavy atom. The lowest BCUT2D eigenvalue weighted by Crippen LogP contribution is -2.27. The van der Waals surface area contributed by atoms with Gasteiger partial charge in [0.05, 0.1) is 0 Å². The van der Waals surface area contributed by atoms with E-state index in [4.69, 9.17) is 5.11 Å². The fourth-order valence-corrected chi connectivity index (χ4v) is 1.49. The second kappa shape index (κ2) is 6.02. The lowest BCUT2D eigenvalue weighted by Gasteiger charge is -2.16. The Labute approximate surface area is 86.1 Å². The summed E-state index contributed by atoms with van der Waals surface area (Å²) >= 11 is 0. The maximum atomic E-state index is 11.5. The van der Waals surface area contributed by atoms with E-state index in [0.29, 0.717) is 5.92 Å². The molecule has 82 valence electrons. The molecular formula is C11H21NO2. The number of carbonyl (C=O) groups is 1. The molecule has 0 aliphatic heterocycles. The third kappa shape index (κ3) is 4.61. The summed E-state index contributed by atoms with van der Waals surface area (Å²) in [6, 6.07) is 0. The zero-order valence-electron chi connectivity index (χ0n) is 9.04. The Morgan fingerprint density at radius 1 is 1.36 bits per heavy atom. The van der Waals surface area contributed by atoms with Gasteiger partial charge in [0.15, 0.2) is 0 Å². The number of nitrogens with zero attached hydrogens (tertiary/aromatic N) is 1. The molecule has 1 aliphatic rings. The van der Waals surface area contributed by atoms with E-state index in [2.05, 4.69) is 0 Å². The summed E-state index contributed by atoms with van der Waals surface area (Å²) in [4.78, 5) is 13.4. The van der Waals surface area contributed by atoms with Crippen LogP contribution in [-0.2, 0) is 4.79 Å². The van der Waals surface area contributed by atoms with Crippen molar-refractivity contribution >= 4 is 5.91 Å². The lowest BCUT2D eigenvalue weighted by molar-refractivity contribution is -0.130. The van der Waals surface area contributed by atoms with Gasteiger partial charge in [0.2, 0.25) is 5.91 Å². The molecule has 0 spiro atoms. The molecule has 1 saturated carbocycles. The summed E-state index contributed by atoms with van der Waals surface area (Å²) in [5.74, 6) is 0.971. The highest BCUT2D eigenvalue weighted by Gasteiger charge is 2.25. The fourth-order valence-electron chi connectivity index (χ4n) is 1.49. The number of hydrogen-bond acceptors (Lipinski definition) is 2. The van der Waals surface area contributed by atoms with Gasteiger partial charge in [0.1, 0.15) is 0 Å². The van der Waals surface area contributed by atoms with Gasteiger partial charge in [-0.25, -0.2) is 0 Å². The summed E-state index contributed by atoms with van der Waals surface area (Å²) in [6.45, 7) is 1.10. The van der Waals surface area contributed by atoms with Crippen molar-refractivity contribution in [2.45, 2.75) is 38.5 Å². The molecule has 1 aliphatic carbocycles. The molecule has 0 saturated heterocycles. The van der Waals surface area contributed by atoms with Crippen molar-refractivity contribution in [1.82, 2.24) is 4.90 Å². The summed E-state index contributed by atoms with van der Waals surface area (Å²) in [5.41, 5.74) is 0. The van der Waals surface area contributed by atoms with Crippen molar-refractivity contribution in [2.75, 3.05) is 20.2 Å². The molecule has 0 unspecified atom stereocenters. The van der Waals surface area contributed by atoms with Crippen LogP contribution in [0.2, 0.25) is 0 Å². The molecule has 0 bridgehead atoms. The molecule has 1 N–H and O–H groups in total. The van der Waals surface area contributed by atoms with Crippen molar-refractivity contribution in [1.29, 1.82) is 0 Å². The number of amides is 1. The molecule has 0 atom stereocenters. The Balaban J connectivity index is 2.00. The van der Waals surface area contributed by atoms with Crippen LogP contribution in [0.25, 0.3) is 0 Å². The van der Waals surface area contributed by atoms with Crippen molar-refractivity contribution in [3.63, 3.8) is 0 Å². The zero-order valence-corrected chi connectivity index (χ0v) is 9.04. The van der Waals surface area contributed by atoms with Gasteiger partial charge >= 0.3 is 0 Å². The average Bonchev–Trinajstić information content (AvgIpc) is 2.96. The van der Waals surface area contributed by atoms with E-state index in [9.17, 15) is 4.79 Å². The summed E-state index contributed by atoms with van der Waals surface area (Å²) in [6.07, 6.45) is 6.10. The van der Waals surface area contributed by atoms with E-state index < -0.39 is 0 Å². The minimum Gasteiger partial charge on any atom is -0.396 e. The topological polar surface area (TPSA) is 40.5 Å². The van der Waals surface area contributed by atoms with Gasteiger partial charge in [0.25, 0.3) is 0 Å². The van der Waals surface area contributed by atoms with Gasteiger partial charge in [-0.15, -0.1) is 0 Å². The molecular weight excluding hydrogens is 178 g/mol. The smallest absolute Gasteiger partial charge is 0.222 e. The Morgan fingerprint density at radius 2 is 2.07 bits per heavy atom. The monoisotopic (exact) mass is 199 g/mol. The first-order chi connectivity index (χ1) is 6.74. The highest BCUT2D eigenvalue weighted by Crippen LogP contribution is 2.32. The maximum absolute atomic E-state index is 11.5. The van der Waals surface area contributed by atoms with Gasteiger partial charge in [-0.3, -0.25) is 4.79 Å². The van der Waals surface area contributed by atoms with Crippen LogP contribution >= 0.6 is 0 Å². The first-order valence-electron chi connectivity index (χ1n) is 5.59. The number of aliphatic hydroxyl groups excluding tert-OH is 1. The highest BCUT2D eigenvalue weighted by molar-refractivity contribution is 5.76. The number of hydrogen-bond donors (Lipinski definition) is 1. The van der Waals surface area contributed by atoms with Crippen LogP contribution in [0.1, 0.15) is 38.5 Å². The first-order valence-corrected chi connectivity index (χ1v) is 5.59. The van der Waals surface area contributed by atoms with Crippen LogP contribution < -0.4 is 0 Å². The standard InChI is InChI=1S/C11H21NO2/c1-12(7-3-2-4-8-13)11(14)9-10-5-6-10/h10,13H,2-9H2,1H3. The van der Waals surface area contributed by atoms with Crippen LogP contribution in [0.4, 0.5) is 0 Å². The minimum absolute atomic E-state index is 0.264. The molecule has 0 radical (unpaired) electrons. The van der Waals surface area contributed by atoms with Crippen LogP contribution in [0, 0.1) is 5.92 Å². The van der Waals surface area contributed by atoms with Crippen LogP contribution in [-0.4, -0.2) is 36.1 Å². The number of rotatable bonds is 7. The van der Waals surface area contributed by atoms with Crippen molar-refractivity contribution < 1.29 is 9.90 Å². The van der Waals surface area contributed by atoms with E-state index in [-0.39, 0.29) is 12.5 Å². The third-order valence-corrected chi connectivity index (χ3v) is 2.74. The molecule has 0 aromatic rings. The van der Waals surface area contributed by atoms with Crippen molar-refractivity contribution in [3.05, 3.63) is 0 Å². The van der Waals surface area contributed by atoms with Gasteiger partial charge in [-0.2, -0.15) is 0 Å². The van der Waals surface area contributed by atoms with Crippen molar-refractivity contribution in [2.24, 2.45) is 5.92 Å². The number of carbonyl (C=O) groups excluding carboxylic acids is 1. The van der Waals surface area contributed by atoms with E-state index in [1.54, 1.807) is 0 Å². The van der Waals surface area contributed by atoms with Gasteiger partial charge in [-0.05, 0) is 38.0 Å². The summed E-state index contributed by atoms with van der Waals surface area (Å²) in [7, 11) is 1.88.